The number of nitrogens with zero attached hydrogens (tertiary/aromatic N) is 1. The number of rotatable bonds is 2. The highest BCUT2D eigenvalue weighted by molar-refractivity contribution is 9.10. The van der Waals surface area contributed by atoms with Gasteiger partial charge in [-0.15, -0.1) is 0 Å². The molecule has 1 heterocycles. The molecule has 0 unspecified atom stereocenters. The molecule has 0 amide bonds. The first-order valence-corrected chi connectivity index (χ1v) is 7.39. The Hall–Kier alpha value is -1.17. The Labute approximate surface area is 126 Å². The van der Waals surface area contributed by atoms with Crippen molar-refractivity contribution in [2.75, 3.05) is 5.32 Å². The Bertz CT molecular complexity index is 759. The second kappa shape index (κ2) is 5.07. The summed E-state index contributed by atoms with van der Waals surface area (Å²) in [6.07, 6.45) is 0. The van der Waals surface area contributed by atoms with Crippen LogP contribution in [0.3, 0.4) is 0 Å². The molecule has 19 heavy (non-hydrogen) atoms. The molecule has 6 heteroatoms. The van der Waals surface area contributed by atoms with E-state index in [0.29, 0.717) is 9.50 Å². The van der Waals surface area contributed by atoms with Crippen LogP contribution in [0.15, 0.2) is 40.9 Å². The third-order valence-corrected chi connectivity index (χ3v) is 4.35. The van der Waals surface area contributed by atoms with Crippen LogP contribution in [0.4, 0.5) is 15.2 Å². The first kappa shape index (κ1) is 12.8. The Kier molecular flexibility index (Phi) is 3.43. The second-order valence-electron chi connectivity index (χ2n) is 3.88. The third-order valence-electron chi connectivity index (χ3n) is 2.52. The van der Waals surface area contributed by atoms with Crippen LogP contribution in [-0.4, -0.2) is 4.98 Å². The van der Waals surface area contributed by atoms with Crippen LogP contribution in [0, 0.1) is 5.82 Å². The van der Waals surface area contributed by atoms with Crippen LogP contribution in [0.25, 0.3) is 10.2 Å². The molecule has 0 aliphatic carbocycles. The summed E-state index contributed by atoms with van der Waals surface area (Å²) in [5.41, 5.74) is 1.65. The van der Waals surface area contributed by atoms with Gasteiger partial charge in [-0.05, 0) is 52.3 Å². The molecule has 1 N–H and O–H groups in total. The molecule has 0 saturated carbocycles. The molecule has 0 bridgehead atoms. The van der Waals surface area contributed by atoms with Crippen LogP contribution in [0.1, 0.15) is 0 Å². The number of halogens is 3. The summed E-state index contributed by atoms with van der Waals surface area (Å²) in [5, 5.41) is 4.59. The van der Waals surface area contributed by atoms with Crippen LogP contribution >= 0.6 is 38.9 Å². The van der Waals surface area contributed by atoms with Crippen LogP contribution in [-0.2, 0) is 0 Å². The fourth-order valence-electron chi connectivity index (χ4n) is 1.66. The van der Waals surface area contributed by atoms with Gasteiger partial charge >= 0.3 is 0 Å². The standard InChI is InChI=1S/C13H7BrClFN2S/c14-9-6-8(16)2-4-10(9)17-13-18-11-3-1-7(15)5-12(11)19-13/h1-6H,(H,17,18). The van der Waals surface area contributed by atoms with E-state index in [4.69, 9.17) is 11.6 Å². The number of fused-ring (bicyclic) bond motifs is 1. The van der Waals surface area contributed by atoms with Gasteiger partial charge in [0.15, 0.2) is 5.13 Å². The van der Waals surface area contributed by atoms with E-state index in [1.54, 1.807) is 12.1 Å². The number of hydrogen-bond acceptors (Lipinski definition) is 3. The third kappa shape index (κ3) is 2.73. The van der Waals surface area contributed by atoms with Gasteiger partial charge in [-0.3, -0.25) is 0 Å². The average molecular weight is 358 g/mol. The Balaban J connectivity index is 1.96. The minimum Gasteiger partial charge on any atom is -0.331 e. The van der Waals surface area contributed by atoms with Crippen molar-refractivity contribution in [1.29, 1.82) is 0 Å². The van der Waals surface area contributed by atoms with Crippen LogP contribution in [0.5, 0.6) is 0 Å². The number of aromatic nitrogens is 1. The van der Waals surface area contributed by atoms with Gasteiger partial charge in [0.2, 0.25) is 0 Å². The smallest absolute Gasteiger partial charge is 0.188 e. The summed E-state index contributed by atoms with van der Waals surface area (Å²) in [6, 6.07) is 10.0. The number of anilines is 2. The van der Waals surface area contributed by atoms with E-state index in [-0.39, 0.29) is 5.82 Å². The van der Waals surface area contributed by atoms with Crippen molar-refractivity contribution in [3.63, 3.8) is 0 Å². The van der Waals surface area contributed by atoms with E-state index in [1.165, 1.54) is 23.5 Å². The van der Waals surface area contributed by atoms with Gasteiger partial charge < -0.3 is 5.32 Å². The van der Waals surface area contributed by atoms with Crippen molar-refractivity contribution in [2.45, 2.75) is 0 Å². The summed E-state index contributed by atoms with van der Waals surface area (Å²) in [4.78, 5) is 4.45. The summed E-state index contributed by atoms with van der Waals surface area (Å²) < 4.78 is 14.7. The fraction of sp³-hybridized carbons (Fsp3) is 0. The van der Waals surface area contributed by atoms with E-state index in [2.05, 4.69) is 26.2 Å². The summed E-state index contributed by atoms with van der Waals surface area (Å²) >= 11 is 10.8. The van der Waals surface area contributed by atoms with Gasteiger partial charge in [-0.25, -0.2) is 9.37 Å². The summed E-state index contributed by atoms with van der Waals surface area (Å²) in [7, 11) is 0. The SMILES string of the molecule is Fc1ccc(Nc2nc3ccc(Cl)cc3s2)c(Br)c1. The van der Waals surface area contributed by atoms with Crippen LogP contribution in [0.2, 0.25) is 5.02 Å². The topological polar surface area (TPSA) is 24.9 Å². The zero-order valence-electron chi connectivity index (χ0n) is 9.45. The molecule has 2 aromatic carbocycles. The lowest BCUT2D eigenvalue weighted by Crippen LogP contribution is -1.90. The van der Waals surface area contributed by atoms with Gasteiger partial charge in [0.1, 0.15) is 5.82 Å². The molecule has 0 atom stereocenters. The molecule has 0 spiro atoms. The highest BCUT2D eigenvalue weighted by Crippen LogP contribution is 2.32. The molecule has 96 valence electrons. The summed E-state index contributed by atoms with van der Waals surface area (Å²) in [5.74, 6) is -0.284. The highest BCUT2D eigenvalue weighted by Gasteiger charge is 2.07. The lowest BCUT2D eigenvalue weighted by Gasteiger charge is -2.04. The van der Waals surface area contributed by atoms with Crippen molar-refractivity contribution < 1.29 is 4.39 Å². The first-order valence-electron chi connectivity index (χ1n) is 5.40. The zero-order chi connectivity index (χ0) is 13.4. The molecular formula is C13H7BrClFN2S. The highest BCUT2D eigenvalue weighted by atomic mass is 79.9. The molecule has 0 aliphatic heterocycles. The average Bonchev–Trinajstić information content (AvgIpc) is 2.74. The van der Waals surface area contributed by atoms with Crippen molar-refractivity contribution in [3.8, 4) is 0 Å². The van der Waals surface area contributed by atoms with Gasteiger partial charge in [0, 0.05) is 9.50 Å². The largest absolute Gasteiger partial charge is 0.331 e. The predicted molar refractivity (Wildman–Crippen MR) is 82.0 cm³/mol. The second-order valence-corrected chi connectivity index (χ2v) is 6.20. The molecule has 0 aliphatic rings. The van der Waals surface area contributed by atoms with E-state index >= 15 is 0 Å². The van der Waals surface area contributed by atoms with Crippen LogP contribution < -0.4 is 5.32 Å². The first-order chi connectivity index (χ1) is 9.11. The van der Waals surface area contributed by atoms with Gasteiger partial charge in [0.25, 0.3) is 0 Å². The number of nitrogens with one attached hydrogen (secondary N) is 1. The molecule has 0 saturated heterocycles. The number of hydrogen-bond donors (Lipinski definition) is 1. The zero-order valence-corrected chi connectivity index (χ0v) is 12.6. The van der Waals surface area contributed by atoms with Crippen molar-refractivity contribution >= 4 is 59.9 Å². The van der Waals surface area contributed by atoms with E-state index in [1.807, 2.05) is 12.1 Å². The Morgan fingerprint density at radius 3 is 2.84 bits per heavy atom. The predicted octanol–water partition coefficient (Wildman–Crippen LogP) is 5.59. The maximum atomic E-state index is 13.0. The minimum atomic E-state index is -0.284. The normalized spacial score (nSPS) is 10.9. The van der Waals surface area contributed by atoms with Gasteiger partial charge in [0.05, 0.1) is 15.9 Å². The summed E-state index contributed by atoms with van der Waals surface area (Å²) in [6.45, 7) is 0. The van der Waals surface area contributed by atoms with Crippen molar-refractivity contribution in [1.82, 2.24) is 4.98 Å². The van der Waals surface area contributed by atoms with Crippen molar-refractivity contribution in [2.24, 2.45) is 0 Å². The molecular weight excluding hydrogens is 351 g/mol. The lowest BCUT2D eigenvalue weighted by atomic mass is 10.3. The van der Waals surface area contributed by atoms with E-state index in [9.17, 15) is 4.39 Å². The number of benzene rings is 2. The molecule has 2 nitrogen and oxygen atoms in total. The lowest BCUT2D eigenvalue weighted by molar-refractivity contribution is 0.627. The van der Waals surface area contributed by atoms with Gasteiger partial charge in [-0.1, -0.05) is 22.9 Å². The van der Waals surface area contributed by atoms with Gasteiger partial charge in [-0.2, -0.15) is 0 Å². The van der Waals surface area contributed by atoms with E-state index in [0.717, 1.165) is 21.0 Å². The maximum absolute atomic E-state index is 13.0. The maximum Gasteiger partial charge on any atom is 0.188 e. The monoisotopic (exact) mass is 356 g/mol. The number of thiazole rings is 1. The van der Waals surface area contributed by atoms with E-state index < -0.39 is 0 Å². The molecule has 0 fully saturated rings. The quantitative estimate of drug-likeness (QED) is 0.646. The molecule has 0 radical (unpaired) electrons. The fourth-order valence-corrected chi connectivity index (χ4v) is 3.26. The molecule has 3 rings (SSSR count). The minimum absolute atomic E-state index is 0.284. The Morgan fingerprint density at radius 2 is 2.05 bits per heavy atom. The molecule has 1 aromatic heterocycles. The molecule has 3 aromatic rings. The van der Waals surface area contributed by atoms with Crippen molar-refractivity contribution in [3.05, 3.63) is 51.7 Å². The Morgan fingerprint density at radius 1 is 1.21 bits per heavy atom.